The van der Waals surface area contributed by atoms with Gasteiger partial charge in [-0.05, 0) is 60.5 Å². The van der Waals surface area contributed by atoms with Crippen LogP contribution in [0.2, 0.25) is 0 Å². The lowest BCUT2D eigenvalue weighted by molar-refractivity contribution is 0.452. The fraction of sp³-hybridized carbons (Fsp3) is 0.714. The number of thiophene rings is 1. The van der Waals surface area contributed by atoms with Gasteiger partial charge in [0.25, 0.3) is 0 Å². The summed E-state index contributed by atoms with van der Waals surface area (Å²) in [6.07, 6.45) is 8.23. The van der Waals surface area contributed by atoms with E-state index >= 15 is 0 Å². The van der Waals surface area contributed by atoms with Crippen LogP contribution in [0.3, 0.4) is 0 Å². The molecule has 1 saturated carbocycles. The van der Waals surface area contributed by atoms with Crippen LogP contribution in [0.25, 0.3) is 0 Å². The van der Waals surface area contributed by atoms with Crippen LogP contribution in [-0.4, -0.2) is 12.6 Å². The highest BCUT2D eigenvalue weighted by Crippen LogP contribution is 2.34. The molecule has 1 aliphatic rings. The van der Waals surface area contributed by atoms with Gasteiger partial charge in [0.15, 0.2) is 0 Å². The molecular weight excluding hydrogens is 214 g/mol. The highest BCUT2D eigenvalue weighted by molar-refractivity contribution is 7.07. The molecule has 0 amide bonds. The summed E-state index contributed by atoms with van der Waals surface area (Å²) in [6, 6.07) is 2.97. The minimum atomic E-state index is 0.704. The second-order valence-electron chi connectivity index (χ2n) is 5.01. The van der Waals surface area contributed by atoms with E-state index in [2.05, 4.69) is 29.1 Å². The molecule has 2 heteroatoms. The first-order chi connectivity index (χ1) is 7.88. The first-order valence-corrected chi connectivity index (χ1v) is 7.57. The third kappa shape index (κ3) is 4.26. The predicted octanol–water partition coefficient (Wildman–Crippen LogP) is 3.85. The van der Waals surface area contributed by atoms with E-state index in [0.29, 0.717) is 6.04 Å². The van der Waals surface area contributed by atoms with Crippen molar-refractivity contribution in [3.63, 3.8) is 0 Å². The summed E-state index contributed by atoms with van der Waals surface area (Å²) in [6.45, 7) is 3.41. The van der Waals surface area contributed by atoms with Crippen LogP contribution in [-0.2, 0) is 6.42 Å². The predicted molar refractivity (Wildman–Crippen MR) is 72.1 cm³/mol. The van der Waals surface area contributed by atoms with Crippen LogP contribution in [0.1, 0.15) is 44.6 Å². The third-order valence-corrected chi connectivity index (χ3v) is 4.10. The lowest BCUT2D eigenvalue weighted by Gasteiger charge is -2.17. The molecule has 0 radical (unpaired) electrons. The van der Waals surface area contributed by atoms with Gasteiger partial charge >= 0.3 is 0 Å². The van der Waals surface area contributed by atoms with Gasteiger partial charge in [-0.15, -0.1) is 0 Å². The van der Waals surface area contributed by atoms with E-state index in [-0.39, 0.29) is 0 Å². The summed E-state index contributed by atoms with van der Waals surface area (Å²) in [7, 11) is 0. The molecule has 1 aromatic heterocycles. The van der Waals surface area contributed by atoms with Gasteiger partial charge in [-0.2, -0.15) is 11.3 Å². The van der Waals surface area contributed by atoms with Gasteiger partial charge in [0.2, 0.25) is 0 Å². The Morgan fingerprint density at radius 3 is 3.00 bits per heavy atom. The lowest BCUT2D eigenvalue weighted by Crippen LogP contribution is -2.31. The maximum absolute atomic E-state index is 3.70. The van der Waals surface area contributed by atoms with Crippen molar-refractivity contribution >= 4 is 11.3 Å². The van der Waals surface area contributed by atoms with Crippen molar-refractivity contribution < 1.29 is 0 Å². The van der Waals surface area contributed by atoms with Crippen molar-refractivity contribution in [1.82, 2.24) is 5.32 Å². The molecule has 1 unspecified atom stereocenters. The van der Waals surface area contributed by atoms with Gasteiger partial charge < -0.3 is 5.32 Å². The minimum absolute atomic E-state index is 0.704. The molecule has 0 saturated heterocycles. The van der Waals surface area contributed by atoms with Crippen molar-refractivity contribution in [2.45, 2.75) is 51.5 Å². The highest BCUT2D eigenvalue weighted by Gasteiger charge is 2.22. The maximum atomic E-state index is 3.70. The number of hydrogen-bond acceptors (Lipinski definition) is 2. The van der Waals surface area contributed by atoms with Crippen molar-refractivity contribution in [1.29, 1.82) is 0 Å². The molecule has 0 aromatic carbocycles. The van der Waals surface area contributed by atoms with E-state index in [9.17, 15) is 0 Å². The fourth-order valence-electron chi connectivity index (χ4n) is 2.16. The average molecular weight is 237 g/mol. The van der Waals surface area contributed by atoms with Crippen LogP contribution in [0, 0.1) is 5.92 Å². The zero-order valence-corrected chi connectivity index (χ0v) is 11.1. The molecule has 90 valence electrons. The second-order valence-corrected chi connectivity index (χ2v) is 5.79. The van der Waals surface area contributed by atoms with Gasteiger partial charge in [0.05, 0.1) is 0 Å². The quantitative estimate of drug-likeness (QED) is 0.724. The van der Waals surface area contributed by atoms with E-state index in [1.54, 1.807) is 0 Å². The van der Waals surface area contributed by atoms with Gasteiger partial charge in [0, 0.05) is 6.04 Å². The van der Waals surface area contributed by atoms with Crippen LogP contribution < -0.4 is 5.32 Å². The molecular formula is C14H23NS. The molecule has 1 aliphatic carbocycles. The minimum Gasteiger partial charge on any atom is -0.314 e. The lowest BCUT2D eigenvalue weighted by atomic mass is 10.0. The van der Waals surface area contributed by atoms with Gasteiger partial charge in [-0.25, -0.2) is 0 Å². The van der Waals surface area contributed by atoms with E-state index in [1.807, 2.05) is 11.3 Å². The zero-order chi connectivity index (χ0) is 11.2. The molecule has 0 bridgehead atoms. The Balaban J connectivity index is 1.75. The molecule has 16 heavy (non-hydrogen) atoms. The van der Waals surface area contributed by atoms with E-state index in [4.69, 9.17) is 0 Å². The molecule has 1 fully saturated rings. The van der Waals surface area contributed by atoms with Gasteiger partial charge in [0.1, 0.15) is 0 Å². The van der Waals surface area contributed by atoms with Crippen LogP contribution in [0.4, 0.5) is 0 Å². The van der Waals surface area contributed by atoms with Crippen molar-refractivity contribution in [2.75, 3.05) is 6.54 Å². The number of nitrogens with one attached hydrogen (secondary N) is 1. The molecule has 2 rings (SSSR count). The number of hydrogen-bond donors (Lipinski definition) is 1. The van der Waals surface area contributed by atoms with Crippen molar-refractivity contribution in [2.24, 2.45) is 5.92 Å². The molecule has 0 aliphatic heterocycles. The summed E-state index contributed by atoms with van der Waals surface area (Å²) in [5.74, 6) is 1.06. The van der Waals surface area contributed by atoms with E-state index < -0.39 is 0 Å². The summed E-state index contributed by atoms with van der Waals surface area (Å²) in [5.41, 5.74) is 1.51. The second kappa shape index (κ2) is 6.41. The Hall–Kier alpha value is -0.340. The van der Waals surface area contributed by atoms with Crippen molar-refractivity contribution in [3.8, 4) is 0 Å². The van der Waals surface area contributed by atoms with Gasteiger partial charge in [-0.3, -0.25) is 0 Å². The SMILES string of the molecule is CCCNC(CCC1CC1)Cc1ccsc1. The average Bonchev–Trinajstić information content (AvgIpc) is 2.99. The van der Waals surface area contributed by atoms with Crippen molar-refractivity contribution in [3.05, 3.63) is 22.4 Å². The third-order valence-electron chi connectivity index (χ3n) is 3.37. The topological polar surface area (TPSA) is 12.0 Å². The molecule has 1 nitrogen and oxygen atoms in total. The summed E-state index contributed by atoms with van der Waals surface area (Å²) < 4.78 is 0. The fourth-order valence-corrected chi connectivity index (χ4v) is 2.84. The molecule has 1 heterocycles. The van der Waals surface area contributed by atoms with Gasteiger partial charge in [-0.1, -0.05) is 19.8 Å². The van der Waals surface area contributed by atoms with Crippen LogP contribution in [0.15, 0.2) is 16.8 Å². The Morgan fingerprint density at radius 1 is 1.50 bits per heavy atom. The Morgan fingerprint density at radius 2 is 2.38 bits per heavy atom. The summed E-state index contributed by atoms with van der Waals surface area (Å²) in [5, 5.41) is 8.17. The Labute approximate surface area is 103 Å². The molecule has 1 atom stereocenters. The standard InChI is InChI=1S/C14H23NS/c1-2-8-15-14(6-5-12-3-4-12)10-13-7-9-16-11-13/h7,9,11-12,14-15H,2-6,8,10H2,1H3. The first kappa shape index (κ1) is 12.1. The van der Waals surface area contributed by atoms with Crippen LogP contribution >= 0.6 is 11.3 Å². The van der Waals surface area contributed by atoms with E-state index in [1.165, 1.54) is 50.6 Å². The summed E-state index contributed by atoms with van der Waals surface area (Å²) >= 11 is 1.81. The zero-order valence-electron chi connectivity index (χ0n) is 10.2. The smallest absolute Gasteiger partial charge is 0.0108 e. The largest absolute Gasteiger partial charge is 0.314 e. The molecule has 1 N–H and O–H groups in total. The normalized spacial score (nSPS) is 17.6. The van der Waals surface area contributed by atoms with E-state index in [0.717, 1.165) is 5.92 Å². The highest BCUT2D eigenvalue weighted by atomic mass is 32.1. The molecule has 1 aromatic rings. The van der Waals surface area contributed by atoms with Crippen LogP contribution in [0.5, 0.6) is 0 Å². The first-order valence-electron chi connectivity index (χ1n) is 6.63. The summed E-state index contributed by atoms with van der Waals surface area (Å²) in [4.78, 5) is 0. The number of rotatable bonds is 8. The Bertz CT molecular complexity index is 277. The monoisotopic (exact) mass is 237 g/mol. The Kier molecular flexibility index (Phi) is 4.86. The molecule has 0 spiro atoms. The maximum Gasteiger partial charge on any atom is 0.0108 e.